The molecule has 1 aromatic carbocycles. The number of rotatable bonds is 2. The molecular weight excluding hydrogens is 260 g/mol. The molecule has 3 nitrogen and oxygen atoms in total. The van der Waals surface area contributed by atoms with Gasteiger partial charge in [0.25, 0.3) is 0 Å². The highest BCUT2D eigenvalue weighted by molar-refractivity contribution is 6.19. The number of fused-ring (bicyclic) bond motifs is 1. The highest BCUT2D eigenvalue weighted by Crippen LogP contribution is 2.27. The van der Waals surface area contributed by atoms with Crippen LogP contribution in [-0.4, -0.2) is 31.2 Å². The molecule has 2 heterocycles. The van der Waals surface area contributed by atoms with Crippen LogP contribution in [0.4, 0.5) is 5.69 Å². The number of halogens is 1. The molecule has 0 N–H and O–H groups in total. The average Bonchev–Trinajstić information content (AvgIpc) is 2.93. The molecule has 2 aromatic rings. The molecule has 0 saturated carbocycles. The first kappa shape index (κ1) is 12.3. The van der Waals surface area contributed by atoms with Crippen molar-refractivity contribution in [2.24, 2.45) is 4.99 Å². The van der Waals surface area contributed by atoms with Gasteiger partial charge < -0.3 is 9.32 Å². The molecule has 0 aliphatic carbocycles. The second-order valence-corrected chi connectivity index (χ2v) is 4.91. The zero-order valence-electron chi connectivity index (χ0n) is 10.7. The molecule has 1 atom stereocenters. The van der Waals surface area contributed by atoms with Crippen LogP contribution >= 0.6 is 11.6 Å². The lowest BCUT2D eigenvalue weighted by atomic mass is 10.1. The van der Waals surface area contributed by atoms with Gasteiger partial charge in [0.15, 0.2) is 5.76 Å². The summed E-state index contributed by atoms with van der Waals surface area (Å²) in [6.07, 6.45) is 1.67. The number of hydrogen-bond donors (Lipinski definition) is 0. The monoisotopic (exact) mass is 274 g/mol. The second-order valence-electron chi connectivity index (χ2n) is 4.60. The molecule has 1 aromatic heterocycles. The van der Waals surface area contributed by atoms with Crippen LogP contribution in [0, 0.1) is 0 Å². The van der Waals surface area contributed by atoms with E-state index in [4.69, 9.17) is 21.0 Å². The molecule has 98 valence electrons. The van der Waals surface area contributed by atoms with E-state index in [1.165, 1.54) is 0 Å². The Kier molecular flexibility index (Phi) is 3.30. The molecule has 4 heteroatoms. The van der Waals surface area contributed by atoms with Crippen LogP contribution in [0.25, 0.3) is 0 Å². The molecule has 1 aliphatic rings. The van der Waals surface area contributed by atoms with E-state index in [0.29, 0.717) is 12.4 Å². The van der Waals surface area contributed by atoms with E-state index in [1.807, 2.05) is 24.3 Å². The lowest BCUT2D eigenvalue weighted by Crippen LogP contribution is -2.35. The number of likely N-dealkylation sites (N-methyl/N-ethyl adjacent to an activating group) is 1. The first-order chi connectivity index (χ1) is 9.31. The van der Waals surface area contributed by atoms with Gasteiger partial charge in [-0.1, -0.05) is 18.2 Å². The van der Waals surface area contributed by atoms with E-state index < -0.39 is 0 Å². The van der Waals surface area contributed by atoms with E-state index in [9.17, 15) is 0 Å². The van der Waals surface area contributed by atoms with Crippen LogP contribution in [0.1, 0.15) is 11.3 Å². The van der Waals surface area contributed by atoms with E-state index in [2.05, 4.69) is 24.1 Å². The zero-order valence-corrected chi connectivity index (χ0v) is 11.5. The van der Waals surface area contributed by atoms with Gasteiger partial charge in [0.2, 0.25) is 0 Å². The van der Waals surface area contributed by atoms with Crippen molar-refractivity contribution in [3.05, 3.63) is 54.0 Å². The number of anilines is 1. The van der Waals surface area contributed by atoms with Crippen LogP contribution in [-0.2, 0) is 0 Å². The van der Waals surface area contributed by atoms with Gasteiger partial charge in [-0.15, -0.1) is 11.6 Å². The number of para-hydroxylation sites is 1. The van der Waals surface area contributed by atoms with Gasteiger partial charge >= 0.3 is 0 Å². The first-order valence-electron chi connectivity index (χ1n) is 6.28. The third-order valence-corrected chi connectivity index (χ3v) is 3.84. The molecule has 19 heavy (non-hydrogen) atoms. The van der Waals surface area contributed by atoms with Gasteiger partial charge in [-0.25, -0.2) is 0 Å². The Morgan fingerprint density at radius 3 is 2.89 bits per heavy atom. The van der Waals surface area contributed by atoms with Crippen LogP contribution in [0.15, 0.2) is 52.1 Å². The SMILES string of the molecule is CN1c2ccccc2C(c2ccco2)=NCC1CCl. The fourth-order valence-electron chi connectivity index (χ4n) is 2.36. The highest BCUT2D eigenvalue weighted by atomic mass is 35.5. The molecule has 3 rings (SSSR count). The molecule has 0 amide bonds. The minimum absolute atomic E-state index is 0.204. The van der Waals surface area contributed by atoms with Crippen molar-refractivity contribution in [1.29, 1.82) is 0 Å². The van der Waals surface area contributed by atoms with E-state index in [0.717, 1.165) is 22.7 Å². The third-order valence-electron chi connectivity index (χ3n) is 3.48. The molecule has 0 bridgehead atoms. The summed E-state index contributed by atoms with van der Waals surface area (Å²) in [5.74, 6) is 1.36. The quantitative estimate of drug-likeness (QED) is 0.787. The Morgan fingerprint density at radius 1 is 1.32 bits per heavy atom. The number of benzodiazepines with no additional fused rings is 1. The molecule has 0 radical (unpaired) electrons. The fraction of sp³-hybridized carbons (Fsp3) is 0.267. The normalized spacial score (nSPS) is 18.7. The number of nitrogens with zero attached hydrogens (tertiary/aromatic N) is 2. The maximum Gasteiger partial charge on any atom is 0.152 e. The Hall–Kier alpha value is -1.74. The molecule has 0 saturated heterocycles. The van der Waals surface area contributed by atoms with Crippen molar-refractivity contribution in [2.75, 3.05) is 24.4 Å². The van der Waals surface area contributed by atoms with Crippen LogP contribution in [0.2, 0.25) is 0 Å². The molecule has 1 aliphatic heterocycles. The van der Waals surface area contributed by atoms with Crippen LogP contribution in [0.3, 0.4) is 0 Å². The molecule has 1 unspecified atom stereocenters. The van der Waals surface area contributed by atoms with Crippen LogP contribution < -0.4 is 4.90 Å². The maximum absolute atomic E-state index is 6.05. The number of alkyl halides is 1. The number of aliphatic imine (C=N–C) groups is 1. The molecule has 0 fully saturated rings. The Labute approximate surface area is 117 Å². The van der Waals surface area contributed by atoms with E-state index in [1.54, 1.807) is 6.26 Å². The summed E-state index contributed by atoms with van der Waals surface area (Å²) < 4.78 is 5.51. The standard InChI is InChI=1S/C15H15ClN2O/c1-18-11(9-16)10-17-15(14-7-4-8-19-14)12-5-2-3-6-13(12)18/h2-8,11H,9-10H2,1H3. The smallest absolute Gasteiger partial charge is 0.152 e. The summed E-state index contributed by atoms with van der Waals surface area (Å²) in [6, 6.07) is 12.3. The van der Waals surface area contributed by atoms with Crippen molar-refractivity contribution in [2.45, 2.75) is 6.04 Å². The van der Waals surface area contributed by atoms with E-state index >= 15 is 0 Å². The van der Waals surface area contributed by atoms with Crippen LogP contribution in [0.5, 0.6) is 0 Å². The maximum atomic E-state index is 6.05. The number of benzene rings is 1. The second kappa shape index (κ2) is 5.10. The number of hydrogen-bond acceptors (Lipinski definition) is 3. The van der Waals surface area contributed by atoms with Gasteiger partial charge in [-0.3, -0.25) is 4.99 Å². The van der Waals surface area contributed by atoms with Gasteiger partial charge in [0.05, 0.1) is 18.8 Å². The summed E-state index contributed by atoms with van der Waals surface area (Å²) in [6.45, 7) is 0.671. The Bertz CT molecular complexity index is 592. The largest absolute Gasteiger partial charge is 0.463 e. The van der Waals surface area contributed by atoms with Crippen molar-refractivity contribution < 1.29 is 4.42 Å². The van der Waals surface area contributed by atoms with Gasteiger partial charge in [-0.2, -0.15) is 0 Å². The van der Waals surface area contributed by atoms with Gasteiger partial charge in [0, 0.05) is 24.2 Å². The lowest BCUT2D eigenvalue weighted by molar-refractivity contribution is 0.557. The topological polar surface area (TPSA) is 28.7 Å². The highest BCUT2D eigenvalue weighted by Gasteiger charge is 2.24. The minimum atomic E-state index is 0.204. The molecular formula is C15H15ClN2O. The summed E-state index contributed by atoms with van der Waals surface area (Å²) in [5.41, 5.74) is 3.13. The fourth-order valence-corrected chi connectivity index (χ4v) is 2.66. The Balaban J connectivity index is 2.15. The Morgan fingerprint density at radius 2 is 2.16 bits per heavy atom. The number of furan rings is 1. The van der Waals surface area contributed by atoms with Crippen molar-refractivity contribution in [3.63, 3.8) is 0 Å². The first-order valence-corrected chi connectivity index (χ1v) is 6.81. The average molecular weight is 275 g/mol. The van der Waals surface area contributed by atoms with E-state index in [-0.39, 0.29) is 6.04 Å². The van der Waals surface area contributed by atoms with Gasteiger partial charge in [0.1, 0.15) is 5.71 Å². The zero-order chi connectivity index (χ0) is 13.2. The predicted molar refractivity (Wildman–Crippen MR) is 78.6 cm³/mol. The lowest BCUT2D eigenvalue weighted by Gasteiger charge is -2.26. The minimum Gasteiger partial charge on any atom is -0.463 e. The summed E-state index contributed by atoms with van der Waals surface area (Å²) in [7, 11) is 2.06. The van der Waals surface area contributed by atoms with Gasteiger partial charge in [-0.05, 0) is 18.2 Å². The van der Waals surface area contributed by atoms with Crippen molar-refractivity contribution in [1.82, 2.24) is 0 Å². The molecule has 0 spiro atoms. The van der Waals surface area contributed by atoms with Crippen molar-refractivity contribution >= 4 is 23.0 Å². The summed E-state index contributed by atoms with van der Waals surface area (Å²) >= 11 is 6.05. The predicted octanol–water partition coefficient (Wildman–Crippen LogP) is 3.17. The summed E-state index contributed by atoms with van der Waals surface area (Å²) in [5, 5.41) is 0. The summed E-state index contributed by atoms with van der Waals surface area (Å²) in [4.78, 5) is 6.90. The van der Waals surface area contributed by atoms with Crippen molar-refractivity contribution in [3.8, 4) is 0 Å². The third kappa shape index (κ3) is 2.15.